The van der Waals surface area contributed by atoms with Crippen molar-refractivity contribution in [2.24, 2.45) is 17.8 Å². The summed E-state index contributed by atoms with van der Waals surface area (Å²) in [5.74, 6) is 0.964. The molecule has 5 fully saturated rings. The van der Waals surface area contributed by atoms with E-state index in [-0.39, 0.29) is 43.7 Å². The van der Waals surface area contributed by atoms with Gasteiger partial charge in [-0.15, -0.1) is 0 Å². The van der Waals surface area contributed by atoms with Gasteiger partial charge >= 0.3 is 0 Å². The van der Waals surface area contributed by atoms with Gasteiger partial charge in [-0.1, -0.05) is 6.07 Å². The van der Waals surface area contributed by atoms with Crippen molar-refractivity contribution in [3.8, 4) is 28.7 Å². The van der Waals surface area contributed by atoms with E-state index in [1.54, 1.807) is 6.07 Å². The van der Waals surface area contributed by atoms with Crippen LogP contribution in [0.5, 0.6) is 28.7 Å². The van der Waals surface area contributed by atoms with Crippen LogP contribution in [0.3, 0.4) is 0 Å². The van der Waals surface area contributed by atoms with E-state index in [9.17, 15) is 51.1 Å². The van der Waals surface area contributed by atoms with Crippen LogP contribution in [0.25, 0.3) is 0 Å². The third-order valence-electron chi connectivity index (χ3n) is 12.6. The molecule has 19 unspecified atom stereocenters. The van der Waals surface area contributed by atoms with Gasteiger partial charge in [-0.05, 0) is 30.2 Å². The highest BCUT2D eigenvalue weighted by atomic mass is 16.8. The first-order chi connectivity index (χ1) is 28.9. The van der Waals surface area contributed by atoms with E-state index >= 15 is 0 Å². The van der Waals surface area contributed by atoms with Crippen LogP contribution in [0, 0.1) is 17.8 Å². The molecule has 6 heterocycles. The lowest BCUT2D eigenvalue weighted by atomic mass is 9.81. The molecule has 0 amide bonds. The summed E-state index contributed by atoms with van der Waals surface area (Å²) in [6.45, 7) is -1.12. The van der Waals surface area contributed by atoms with Crippen LogP contribution in [-0.2, 0) is 28.4 Å². The highest BCUT2D eigenvalue weighted by Crippen LogP contribution is 2.54. The van der Waals surface area contributed by atoms with E-state index in [2.05, 4.69) is 0 Å². The lowest BCUT2D eigenvalue weighted by molar-refractivity contribution is -0.359. The first-order valence-electron chi connectivity index (χ1n) is 19.9. The summed E-state index contributed by atoms with van der Waals surface area (Å²) >= 11 is 0. The van der Waals surface area contributed by atoms with Crippen molar-refractivity contribution in [3.63, 3.8) is 0 Å². The zero-order chi connectivity index (χ0) is 42.0. The maximum atomic E-state index is 11.7. The van der Waals surface area contributed by atoms with E-state index < -0.39 is 118 Å². The molecule has 6 aliphatic heterocycles. The van der Waals surface area contributed by atoms with Crippen LogP contribution in [0.15, 0.2) is 30.3 Å². The normalized spacial score (nSPS) is 43.3. The standard InChI is InChI=1S/C39H50O21/c40-7-15-4-24(28(43)31(46)27(15)42)50-11-26-30(45)33(48)37(60-38-34(49)32(47)29(44)25(8-41)58-38)39(59-26)57-20-6-23-22(55-13-56-23)5-16(20)36-18-10-51-35(17(18)9-52-36)14-1-2-19-21(3-14)54-12-53-19/h1-3,5-6,15,17-18,24-49H,4,7-13H2. The molecule has 1 saturated carbocycles. The van der Waals surface area contributed by atoms with Gasteiger partial charge in [0.15, 0.2) is 35.4 Å². The van der Waals surface area contributed by atoms with Gasteiger partial charge in [-0.3, -0.25) is 0 Å². The van der Waals surface area contributed by atoms with Crippen LogP contribution in [0.4, 0.5) is 0 Å². The fourth-order valence-electron chi connectivity index (χ4n) is 9.15. The number of rotatable bonds is 11. The number of ether oxygens (including phenoxy) is 11. The Balaban J connectivity index is 1.00. The summed E-state index contributed by atoms with van der Waals surface area (Å²) in [5, 5.41) is 106. The molecule has 0 spiro atoms. The molecule has 4 saturated heterocycles. The molecule has 21 heteroatoms. The molecule has 1 aliphatic carbocycles. The maximum Gasteiger partial charge on any atom is 0.231 e. The average Bonchev–Trinajstić information content (AvgIpc) is 4.08. The van der Waals surface area contributed by atoms with Gasteiger partial charge in [0.25, 0.3) is 0 Å². The van der Waals surface area contributed by atoms with Crippen LogP contribution in [0.2, 0.25) is 0 Å². The highest BCUT2D eigenvalue weighted by molar-refractivity contribution is 5.53. The number of hydrogen-bond donors (Lipinski definition) is 10. The second-order valence-electron chi connectivity index (χ2n) is 16.2. The van der Waals surface area contributed by atoms with Gasteiger partial charge < -0.3 is 103 Å². The minimum absolute atomic E-state index is 0.0621. The third kappa shape index (κ3) is 7.56. The monoisotopic (exact) mass is 854 g/mol. The molecule has 7 aliphatic rings. The molecule has 19 atom stereocenters. The topological polar surface area (TPSA) is 304 Å². The molecule has 332 valence electrons. The Labute approximate surface area is 341 Å². The van der Waals surface area contributed by atoms with Gasteiger partial charge in [-0.25, -0.2) is 0 Å². The fourth-order valence-corrected chi connectivity index (χ4v) is 9.15. The van der Waals surface area contributed by atoms with Gasteiger partial charge in [0, 0.05) is 36.0 Å². The van der Waals surface area contributed by atoms with Crippen molar-refractivity contribution in [2.45, 2.75) is 104 Å². The summed E-state index contributed by atoms with van der Waals surface area (Å²) in [6, 6.07) is 8.88. The molecular formula is C39H50O21. The first kappa shape index (κ1) is 42.1. The molecule has 0 aromatic heterocycles. The van der Waals surface area contributed by atoms with Gasteiger partial charge in [-0.2, -0.15) is 0 Å². The number of fused-ring (bicyclic) bond motifs is 3. The molecule has 9 rings (SSSR count). The second-order valence-corrected chi connectivity index (χ2v) is 16.2. The minimum Gasteiger partial charge on any atom is -0.461 e. The van der Waals surface area contributed by atoms with Crippen molar-refractivity contribution in [1.82, 2.24) is 0 Å². The smallest absolute Gasteiger partial charge is 0.231 e. The summed E-state index contributed by atoms with van der Waals surface area (Å²) in [6.07, 6.45) is -23.8. The van der Waals surface area contributed by atoms with E-state index in [1.807, 2.05) is 18.2 Å². The van der Waals surface area contributed by atoms with Crippen molar-refractivity contribution in [3.05, 3.63) is 41.5 Å². The van der Waals surface area contributed by atoms with Crippen LogP contribution in [-0.4, -0.2) is 184 Å². The van der Waals surface area contributed by atoms with E-state index in [4.69, 9.17) is 52.1 Å². The summed E-state index contributed by atoms with van der Waals surface area (Å²) in [7, 11) is 0. The van der Waals surface area contributed by atoms with Crippen LogP contribution >= 0.6 is 0 Å². The van der Waals surface area contributed by atoms with Crippen molar-refractivity contribution in [2.75, 3.05) is 46.6 Å². The summed E-state index contributed by atoms with van der Waals surface area (Å²) in [5.41, 5.74) is 1.37. The minimum atomic E-state index is -1.90. The average molecular weight is 855 g/mol. The molecule has 10 N–H and O–H groups in total. The quantitative estimate of drug-likeness (QED) is 0.106. The molecule has 0 radical (unpaired) electrons. The third-order valence-corrected chi connectivity index (χ3v) is 12.6. The summed E-state index contributed by atoms with van der Waals surface area (Å²) < 4.78 is 65.5. The van der Waals surface area contributed by atoms with E-state index in [0.29, 0.717) is 41.8 Å². The number of aliphatic hydroxyl groups excluding tert-OH is 10. The van der Waals surface area contributed by atoms with Crippen LogP contribution < -0.4 is 23.7 Å². The Morgan fingerprint density at radius 2 is 1.22 bits per heavy atom. The Kier molecular flexibility index (Phi) is 12.1. The van der Waals surface area contributed by atoms with E-state index in [0.717, 1.165) is 5.56 Å². The molecule has 2 aromatic rings. The van der Waals surface area contributed by atoms with Crippen LogP contribution in [0.1, 0.15) is 29.8 Å². The lowest BCUT2D eigenvalue weighted by Crippen LogP contribution is -2.65. The number of aliphatic hydroxyl groups is 10. The zero-order valence-electron chi connectivity index (χ0n) is 32.0. The maximum absolute atomic E-state index is 11.7. The number of hydrogen-bond acceptors (Lipinski definition) is 21. The lowest BCUT2D eigenvalue weighted by Gasteiger charge is -2.46. The Bertz CT molecular complexity index is 1810. The van der Waals surface area contributed by atoms with Gasteiger partial charge in [0.05, 0.1) is 50.8 Å². The van der Waals surface area contributed by atoms with Crippen molar-refractivity contribution in [1.29, 1.82) is 0 Å². The fraction of sp³-hybridized carbons (Fsp3) is 0.692. The Hall–Kier alpha value is -3.20. The number of benzene rings is 2. The Morgan fingerprint density at radius 1 is 0.583 bits per heavy atom. The molecule has 2 aromatic carbocycles. The van der Waals surface area contributed by atoms with E-state index in [1.165, 1.54) is 6.07 Å². The predicted octanol–water partition coefficient (Wildman–Crippen LogP) is -3.29. The molecular weight excluding hydrogens is 804 g/mol. The largest absolute Gasteiger partial charge is 0.461 e. The molecule has 21 nitrogen and oxygen atoms in total. The van der Waals surface area contributed by atoms with Crippen molar-refractivity contribution < 1.29 is 103 Å². The molecule has 0 bridgehead atoms. The van der Waals surface area contributed by atoms with Crippen molar-refractivity contribution >= 4 is 0 Å². The summed E-state index contributed by atoms with van der Waals surface area (Å²) in [4.78, 5) is 0. The SMILES string of the molecule is OCC1CC(OCC2OC(Oc3cc4c(cc3C3OCC5C(c6ccc7c(c6)OCO7)OCC35)OCO4)C(OC3OC(CO)C(O)C(O)C3O)C(O)C2O)C(O)C(O)C1O. The zero-order valence-corrected chi connectivity index (χ0v) is 32.0. The second kappa shape index (κ2) is 17.2. The Morgan fingerprint density at radius 3 is 1.95 bits per heavy atom. The molecule has 60 heavy (non-hydrogen) atoms. The highest BCUT2D eigenvalue weighted by Gasteiger charge is 2.54. The van der Waals surface area contributed by atoms with Gasteiger partial charge in [0.1, 0.15) is 60.7 Å². The first-order valence-corrected chi connectivity index (χ1v) is 19.9. The van der Waals surface area contributed by atoms with Gasteiger partial charge in [0.2, 0.25) is 19.9 Å². The predicted molar refractivity (Wildman–Crippen MR) is 192 cm³/mol.